The van der Waals surface area contributed by atoms with Crippen molar-refractivity contribution in [2.75, 3.05) is 19.6 Å². The van der Waals surface area contributed by atoms with Crippen LogP contribution in [0.2, 0.25) is 0 Å². The highest BCUT2D eigenvalue weighted by Gasteiger charge is 2.25. The number of aromatic nitrogens is 2. The van der Waals surface area contributed by atoms with Crippen LogP contribution in [0.5, 0.6) is 0 Å². The van der Waals surface area contributed by atoms with Crippen LogP contribution >= 0.6 is 0 Å². The summed E-state index contributed by atoms with van der Waals surface area (Å²) in [5, 5.41) is 10.9. The second-order valence-electron chi connectivity index (χ2n) is 6.96. The third kappa shape index (κ3) is 5.43. The molecule has 1 aliphatic rings. The van der Waals surface area contributed by atoms with E-state index in [2.05, 4.69) is 39.8 Å². The van der Waals surface area contributed by atoms with E-state index in [-0.39, 0.29) is 17.9 Å². The number of nitrogens with zero attached hydrogens (tertiary/aromatic N) is 4. The zero-order chi connectivity index (χ0) is 20.6. The Morgan fingerprint density at radius 1 is 1.24 bits per heavy atom. The molecule has 3 rings (SSSR count). The minimum absolute atomic E-state index is 0.0153. The molecule has 0 saturated carbocycles. The van der Waals surface area contributed by atoms with Crippen molar-refractivity contribution in [1.82, 2.24) is 25.3 Å². The highest BCUT2D eigenvalue weighted by atomic mass is 16.2. The van der Waals surface area contributed by atoms with Crippen LogP contribution < -0.4 is 10.6 Å². The molecule has 1 atom stereocenters. The van der Waals surface area contributed by atoms with Gasteiger partial charge < -0.3 is 10.6 Å². The molecule has 0 bridgehead atoms. The zero-order valence-corrected chi connectivity index (χ0v) is 17.0. The molecule has 1 saturated heterocycles. The molecule has 1 unspecified atom stereocenters. The van der Waals surface area contributed by atoms with Crippen LogP contribution in [-0.2, 0) is 9.59 Å². The molecule has 2 heterocycles. The fraction of sp³-hybridized carbons (Fsp3) is 0.429. The number of benzene rings is 1. The van der Waals surface area contributed by atoms with E-state index in [9.17, 15) is 9.59 Å². The van der Waals surface area contributed by atoms with Crippen LogP contribution in [0.1, 0.15) is 44.7 Å². The Hall–Kier alpha value is -3.16. The lowest BCUT2D eigenvalue weighted by Crippen LogP contribution is -2.42. The maximum Gasteiger partial charge on any atom is 0.229 e. The summed E-state index contributed by atoms with van der Waals surface area (Å²) in [7, 11) is 0. The SMILES string of the molecule is CCNC(=NCCN1C(=O)CCCC1=O)NC(C)c1cccc(-n2cccn2)c1. The lowest BCUT2D eigenvalue weighted by Gasteiger charge is -2.24. The molecule has 1 fully saturated rings. The largest absolute Gasteiger partial charge is 0.357 e. The summed E-state index contributed by atoms with van der Waals surface area (Å²) in [5.74, 6) is 0.456. The summed E-state index contributed by atoms with van der Waals surface area (Å²) in [6.07, 6.45) is 5.19. The number of piperidine rings is 1. The average Bonchev–Trinajstić information content (AvgIpc) is 3.25. The van der Waals surface area contributed by atoms with E-state index < -0.39 is 0 Å². The minimum atomic E-state index is -0.0989. The standard InChI is InChI=1S/C21H28N6O2/c1-3-22-21(23-12-14-26-19(28)9-5-10-20(26)29)25-16(2)17-7-4-8-18(15-17)27-13-6-11-24-27/h4,6-8,11,13,15-16H,3,5,9-10,12,14H2,1-2H3,(H2,22,23,25). The first-order chi connectivity index (χ1) is 14.1. The van der Waals surface area contributed by atoms with Crippen LogP contribution in [0.25, 0.3) is 5.69 Å². The molecule has 2 amide bonds. The van der Waals surface area contributed by atoms with E-state index in [1.54, 1.807) is 6.20 Å². The van der Waals surface area contributed by atoms with Crippen molar-refractivity contribution in [3.05, 3.63) is 48.3 Å². The summed E-state index contributed by atoms with van der Waals surface area (Å²) in [6.45, 7) is 5.46. The molecule has 1 aromatic carbocycles. The quantitative estimate of drug-likeness (QED) is 0.424. The number of carbonyl (C=O) groups excluding carboxylic acids is 2. The molecule has 8 nitrogen and oxygen atoms in total. The van der Waals surface area contributed by atoms with E-state index >= 15 is 0 Å². The summed E-state index contributed by atoms with van der Waals surface area (Å²) in [6, 6.07) is 10.1. The second-order valence-corrected chi connectivity index (χ2v) is 6.96. The molecular formula is C21H28N6O2. The molecule has 154 valence electrons. The Morgan fingerprint density at radius 2 is 2.03 bits per heavy atom. The first-order valence-electron chi connectivity index (χ1n) is 10.1. The normalized spacial score (nSPS) is 16.1. The fourth-order valence-electron chi connectivity index (χ4n) is 3.28. The van der Waals surface area contributed by atoms with Gasteiger partial charge in [0.15, 0.2) is 5.96 Å². The molecule has 2 N–H and O–H groups in total. The Bertz CT molecular complexity index is 846. The smallest absolute Gasteiger partial charge is 0.229 e. The number of carbonyl (C=O) groups is 2. The van der Waals surface area contributed by atoms with Gasteiger partial charge in [0.25, 0.3) is 0 Å². The van der Waals surface area contributed by atoms with Gasteiger partial charge in [-0.3, -0.25) is 19.5 Å². The van der Waals surface area contributed by atoms with Crippen molar-refractivity contribution in [3.8, 4) is 5.69 Å². The van der Waals surface area contributed by atoms with Gasteiger partial charge >= 0.3 is 0 Å². The summed E-state index contributed by atoms with van der Waals surface area (Å²) < 4.78 is 1.82. The number of nitrogens with one attached hydrogen (secondary N) is 2. The van der Waals surface area contributed by atoms with Gasteiger partial charge in [0.05, 0.1) is 18.3 Å². The number of imide groups is 1. The molecule has 0 spiro atoms. The summed E-state index contributed by atoms with van der Waals surface area (Å²) >= 11 is 0. The highest BCUT2D eigenvalue weighted by molar-refractivity contribution is 5.97. The molecule has 1 aromatic heterocycles. The number of amides is 2. The van der Waals surface area contributed by atoms with E-state index in [0.717, 1.165) is 11.3 Å². The highest BCUT2D eigenvalue weighted by Crippen LogP contribution is 2.16. The van der Waals surface area contributed by atoms with Crippen molar-refractivity contribution in [3.63, 3.8) is 0 Å². The molecule has 0 aliphatic carbocycles. The average molecular weight is 396 g/mol. The molecule has 8 heteroatoms. The Balaban J connectivity index is 1.63. The Kier molecular flexibility index (Phi) is 6.99. The lowest BCUT2D eigenvalue weighted by atomic mass is 10.1. The van der Waals surface area contributed by atoms with Crippen LogP contribution in [0.15, 0.2) is 47.7 Å². The predicted molar refractivity (Wildman–Crippen MR) is 112 cm³/mol. The van der Waals surface area contributed by atoms with Gasteiger partial charge in [0, 0.05) is 38.3 Å². The van der Waals surface area contributed by atoms with Crippen molar-refractivity contribution in [1.29, 1.82) is 0 Å². The van der Waals surface area contributed by atoms with Gasteiger partial charge in [-0.05, 0) is 44.0 Å². The molecule has 1 aliphatic heterocycles. The van der Waals surface area contributed by atoms with E-state index in [1.165, 1.54) is 4.90 Å². The molecular weight excluding hydrogens is 368 g/mol. The van der Waals surface area contributed by atoms with Crippen molar-refractivity contribution >= 4 is 17.8 Å². The molecule has 0 radical (unpaired) electrons. The zero-order valence-electron chi connectivity index (χ0n) is 17.0. The van der Waals surface area contributed by atoms with Crippen LogP contribution in [-0.4, -0.2) is 52.1 Å². The van der Waals surface area contributed by atoms with Crippen LogP contribution in [0.3, 0.4) is 0 Å². The molecule has 29 heavy (non-hydrogen) atoms. The third-order valence-electron chi connectivity index (χ3n) is 4.81. The van der Waals surface area contributed by atoms with E-state index in [0.29, 0.717) is 44.9 Å². The summed E-state index contributed by atoms with van der Waals surface area (Å²) in [5.41, 5.74) is 2.09. The van der Waals surface area contributed by atoms with Gasteiger partial charge in [-0.2, -0.15) is 5.10 Å². The van der Waals surface area contributed by atoms with Crippen LogP contribution in [0.4, 0.5) is 0 Å². The first-order valence-corrected chi connectivity index (χ1v) is 10.1. The maximum atomic E-state index is 11.9. The van der Waals surface area contributed by atoms with Gasteiger partial charge in [0.1, 0.15) is 0 Å². The van der Waals surface area contributed by atoms with E-state index in [4.69, 9.17) is 0 Å². The first kappa shape index (κ1) is 20.6. The van der Waals surface area contributed by atoms with Gasteiger partial charge in [-0.1, -0.05) is 12.1 Å². The second kappa shape index (κ2) is 9.86. The lowest BCUT2D eigenvalue weighted by molar-refractivity contribution is -0.147. The predicted octanol–water partition coefficient (Wildman–Crippen LogP) is 2.03. The Labute approximate surface area is 171 Å². The number of rotatable bonds is 7. The van der Waals surface area contributed by atoms with Gasteiger partial charge in [-0.15, -0.1) is 0 Å². The minimum Gasteiger partial charge on any atom is -0.357 e. The third-order valence-corrected chi connectivity index (χ3v) is 4.81. The number of hydrogen-bond acceptors (Lipinski definition) is 4. The Morgan fingerprint density at radius 3 is 2.72 bits per heavy atom. The number of guanidine groups is 1. The maximum absolute atomic E-state index is 11.9. The van der Waals surface area contributed by atoms with Gasteiger partial charge in [-0.25, -0.2) is 4.68 Å². The fourth-order valence-corrected chi connectivity index (χ4v) is 3.28. The van der Waals surface area contributed by atoms with E-state index in [1.807, 2.05) is 36.0 Å². The van der Waals surface area contributed by atoms with Crippen LogP contribution in [0, 0.1) is 0 Å². The van der Waals surface area contributed by atoms with Crippen molar-refractivity contribution in [2.24, 2.45) is 4.99 Å². The topological polar surface area (TPSA) is 91.6 Å². The van der Waals surface area contributed by atoms with Gasteiger partial charge in [0.2, 0.25) is 11.8 Å². The monoisotopic (exact) mass is 396 g/mol. The number of likely N-dealkylation sites (tertiary alicyclic amines) is 1. The molecule has 2 aromatic rings. The van der Waals surface area contributed by atoms with Crippen molar-refractivity contribution < 1.29 is 9.59 Å². The number of hydrogen-bond donors (Lipinski definition) is 2. The van der Waals surface area contributed by atoms with Crippen molar-refractivity contribution in [2.45, 2.75) is 39.2 Å². The summed E-state index contributed by atoms with van der Waals surface area (Å²) in [4.78, 5) is 29.7. The number of aliphatic imine (C=N–C) groups is 1.